The first kappa shape index (κ1) is 8.75. The van der Waals surface area contributed by atoms with Crippen LogP contribution < -0.4 is 5.73 Å². The van der Waals surface area contributed by atoms with Gasteiger partial charge in [0.2, 0.25) is 0 Å². The van der Waals surface area contributed by atoms with Crippen molar-refractivity contribution in [2.24, 2.45) is 5.73 Å². The molecule has 11 heavy (non-hydrogen) atoms. The van der Waals surface area contributed by atoms with Gasteiger partial charge < -0.3 is 10.5 Å². The van der Waals surface area contributed by atoms with Gasteiger partial charge in [-0.3, -0.25) is 0 Å². The average Bonchev–Trinajstić information content (AvgIpc) is 1.86. The van der Waals surface area contributed by atoms with E-state index in [-0.39, 0.29) is 5.60 Å². The SMILES string of the molecule is CC1(C)CC=CCC(C)(N)O1. The molecule has 2 N–H and O–H groups in total. The Morgan fingerprint density at radius 2 is 1.73 bits per heavy atom. The maximum absolute atomic E-state index is 5.88. The highest BCUT2D eigenvalue weighted by atomic mass is 16.5. The van der Waals surface area contributed by atoms with Crippen molar-refractivity contribution < 1.29 is 4.74 Å². The summed E-state index contributed by atoms with van der Waals surface area (Å²) >= 11 is 0. The molecule has 1 rings (SSSR count). The lowest BCUT2D eigenvalue weighted by Gasteiger charge is -2.32. The predicted molar refractivity (Wildman–Crippen MR) is 46.1 cm³/mol. The van der Waals surface area contributed by atoms with E-state index in [2.05, 4.69) is 26.0 Å². The van der Waals surface area contributed by atoms with Crippen molar-refractivity contribution in [2.45, 2.75) is 44.9 Å². The van der Waals surface area contributed by atoms with Crippen LogP contribution in [0.5, 0.6) is 0 Å². The normalized spacial score (nSPS) is 36.7. The number of ether oxygens (including phenoxy) is 1. The van der Waals surface area contributed by atoms with E-state index in [1.54, 1.807) is 0 Å². The molecule has 1 atom stereocenters. The fourth-order valence-electron chi connectivity index (χ4n) is 1.40. The second-order valence-electron chi connectivity index (χ2n) is 4.05. The van der Waals surface area contributed by atoms with Crippen LogP contribution in [0.15, 0.2) is 12.2 Å². The standard InChI is InChI=1S/C9H17NO/c1-8(2)6-4-5-7-9(3,10)11-8/h4-5H,6-7,10H2,1-3H3. The zero-order valence-corrected chi connectivity index (χ0v) is 7.55. The first-order valence-corrected chi connectivity index (χ1v) is 4.05. The minimum atomic E-state index is -0.490. The molecule has 0 aliphatic carbocycles. The summed E-state index contributed by atoms with van der Waals surface area (Å²) in [5.41, 5.74) is 5.28. The molecular weight excluding hydrogens is 138 g/mol. The van der Waals surface area contributed by atoms with E-state index in [0.29, 0.717) is 0 Å². The molecule has 0 amide bonds. The third kappa shape index (κ3) is 2.64. The lowest BCUT2D eigenvalue weighted by molar-refractivity contribution is -0.121. The van der Waals surface area contributed by atoms with Crippen molar-refractivity contribution in [3.8, 4) is 0 Å². The first-order chi connectivity index (χ1) is 4.91. The van der Waals surface area contributed by atoms with Crippen molar-refractivity contribution in [2.75, 3.05) is 0 Å². The van der Waals surface area contributed by atoms with Gasteiger partial charge in [0.1, 0.15) is 5.72 Å². The average molecular weight is 155 g/mol. The molecule has 1 unspecified atom stereocenters. The van der Waals surface area contributed by atoms with Crippen molar-refractivity contribution in [3.05, 3.63) is 12.2 Å². The molecule has 1 aliphatic heterocycles. The molecule has 0 saturated carbocycles. The topological polar surface area (TPSA) is 35.2 Å². The molecule has 0 aromatic carbocycles. The molecule has 1 aliphatic rings. The van der Waals surface area contributed by atoms with E-state index in [4.69, 9.17) is 10.5 Å². The van der Waals surface area contributed by atoms with Gasteiger partial charge in [0.25, 0.3) is 0 Å². The predicted octanol–water partition coefficient (Wildman–Crippen LogP) is 1.81. The summed E-state index contributed by atoms with van der Waals surface area (Å²) in [7, 11) is 0. The van der Waals surface area contributed by atoms with Crippen LogP contribution in [0, 0.1) is 0 Å². The Morgan fingerprint density at radius 1 is 1.18 bits per heavy atom. The first-order valence-electron chi connectivity index (χ1n) is 4.05. The quantitative estimate of drug-likeness (QED) is 0.541. The summed E-state index contributed by atoms with van der Waals surface area (Å²) in [5.74, 6) is 0. The fourth-order valence-corrected chi connectivity index (χ4v) is 1.40. The Balaban J connectivity index is 2.72. The van der Waals surface area contributed by atoms with Gasteiger partial charge in [-0.1, -0.05) is 12.2 Å². The second kappa shape index (κ2) is 2.61. The van der Waals surface area contributed by atoms with Crippen molar-refractivity contribution >= 4 is 0 Å². The Kier molecular flexibility index (Phi) is 2.08. The van der Waals surface area contributed by atoms with Gasteiger partial charge in [-0.2, -0.15) is 0 Å². The summed E-state index contributed by atoms with van der Waals surface area (Å²) in [5, 5.41) is 0. The molecule has 0 bridgehead atoms. The molecule has 0 aromatic rings. The molecule has 64 valence electrons. The van der Waals surface area contributed by atoms with E-state index >= 15 is 0 Å². The summed E-state index contributed by atoms with van der Waals surface area (Å²) in [6.07, 6.45) is 5.98. The third-order valence-corrected chi connectivity index (χ3v) is 1.81. The van der Waals surface area contributed by atoms with Crippen LogP contribution in [0.1, 0.15) is 33.6 Å². The van der Waals surface area contributed by atoms with Gasteiger partial charge in [0.05, 0.1) is 5.60 Å². The van der Waals surface area contributed by atoms with E-state index < -0.39 is 5.72 Å². The Bertz CT molecular complexity index is 152. The number of nitrogens with two attached hydrogens (primary N) is 1. The highest BCUT2D eigenvalue weighted by Crippen LogP contribution is 2.26. The number of hydrogen-bond donors (Lipinski definition) is 1. The van der Waals surface area contributed by atoms with Crippen LogP contribution in [-0.4, -0.2) is 11.3 Å². The van der Waals surface area contributed by atoms with Crippen LogP contribution in [0.3, 0.4) is 0 Å². The molecule has 0 aromatic heterocycles. The molecule has 0 fully saturated rings. The molecular formula is C9H17NO. The van der Waals surface area contributed by atoms with Gasteiger partial charge in [-0.25, -0.2) is 0 Å². The van der Waals surface area contributed by atoms with E-state index in [9.17, 15) is 0 Å². The summed E-state index contributed by atoms with van der Waals surface area (Å²) in [4.78, 5) is 0. The smallest absolute Gasteiger partial charge is 0.118 e. The van der Waals surface area contributed by atoms with Crippen molar-refractivity contribution in [1.82, 2.24) is 0 Å². The second-order valence-corrected chi connectivity index (χ2v) is 4.05. The fraction of sp³-hybridized carbons (Fsp3) is 0.778. The van der Waals surface area contributed by atoms with Gasteiger partial charge in [0.15, 0.2) is 0 Å². The van der Waals surface area contributed by atoms with E-state index in [1.165, 1.54) is 0 Å². The van der Waals surface area contributed by atoms with Crippen LogP contribution in [0.2, 0.25) is 0 Å². The number of rotatable bonds is 0. The van der Waals surface area contributed by atoms with Crippen LogP contribution in [-0.2, 0) is 4.74 Å². The van der Waals surface area contributed by atoms with Gasteiger partial charge in [-0.05, 0) is 27.2 Å². The zero-order chi connectivity index (χ0) is 8.54. The molecule has 1 heterocycles. The van der Waals surface area contributed by atoms with Gasteiger partial charge in [0, 0.05) is 6.42 Å². The molecule has 2 nitrogen and oxygen atoms in total. The van der Waals surface area contributed by atoms with E-state index in [0.717, 1.165) is 12.8 Å². The molecule has 0 saturated heterocycles. The van der Waals surface area contributed by atoms with Gasteiger partial charge in [-0.15, -0.1) is 0 Å². The highest BCUT2D eigenvalue weighted by Gasteiger charge is 2.29. The Hall–Kier alpha value is -0.340. The maximum atomic E-state index is 5.88. The monoisotopic (exact) mass is 155 g/mol. The lowest BCUT2D eigenvalue weighted by atomic mass is 10.1. The third-order valence-electron chi connectivity index (χ3n) is 1.81. The Labute approximate surface area is 68.4 Å². The lowest BCUT2D eigenvalue weighted by Crippen LogP contribution is -2.44. The summed E-state index contributed by atoms with van der Waals surface area (Å²) < 4.78 is 5.70. The zero-order valence-electron chi connectivity index (χ0n) is 7.55. The van der Waals surface area contributed by atoms with Crippen molar-refractivity contribution in [1.29, 1.82) is 0 Å². The van der Waals surface area contributed by atoms with Gasteiger partial charge >= 0.3 is 0 Å². The molecule has 0 radical (unpaired) electrons. The van der Waals surface area contributed by atoms with E-state index in [1.807, 2.05) is 6.92 Å². The molecule has 0 spiro atoms. The van der Waals surface area contributed by atoms with Crippen LogP contribution in [0.25, 0.3) is 0 Å². The van der Waals surface area contributed by atoms with Crippen LogP contribution >= 0.6 is 0 Å². The molecule has 2 heteroatoms. The minimum absolute atomic E-state index is 0.115. The van der Waals surface area contributed by atoms with Crippen molar-refractivity contribution in [3.63, 3.8) is 0 Å². The maximum Gasteiger partial charge on any atom is 0.118 e. The summed E-state index contributed by atoms with van der Waals surface area (Å²) in [6, 6.07) is 0. The van der Waals surface area contributed by atoms with Crippen LogP contribution in [0.4, 0.5) is 0 Å². The largest absolute Gasteiger partial charge is 0.355 e. The Morgan fingerprint density at radius 3 is 2.36 bits per heavy atom. The number of hydrogen-bond acceptors (Lipinski definition) is 2. The highest BCUT2D eigenvalue weighted by molar-refractivity contribution is 4.96. The summed E-state index contributed by atoms with van der Waals surface area (Å²) in [6.45, 7) is 6.05. The minimum Gasteiger partial charge on any atom is -0.355 e.